The summed E-state index contributed by atoms with van der Waals surface area (Å²) in [6, 6.07) is 0. The minimum absolute atomic E-state index is 0.00815. The van der Waals surface area contributed by atoms with Crippen molar-refractivity contribution >= 4 is 17.8 Å². The zero-order valence-corrected chi connectivity index (χ0v) is 18.2. The molecule has 1 N–H and O–H groups in total. The van der Waals surface area contributed by atoms with Crippen LogP contribution in [0.2, 0.25) is 0 Å². The molecule has 1 unspecified atom stereocenters. The zero-order valence-electron chi connectivity index (χ0n) is 18.2. The van der Waals surface area contributed by atoms with Crippen molar-refractivity contribution in [2.24, 2.45) is 0 Å². The Kier molecular flexibility index (Phi) is 7.62. The topological polar surface area (TPSA) is 114 Å². The number of aromatic nitrogens is 2. The lowest BCUT2D eigenvalue weighted by Gasteiger charge is -2.46. The number of amides is 2. The second kappa shape index (κ2) is 10.1. The van der Waals surface area contributed by atoms with Crippen molar-refractivity contribution in [3.63, 3.8) is 0 Å². The number of ether oxygens (including phenoxy) is 2. The maximum atomic E-state index is 12.9. The Hall–Kier alpha value is -2.67. The summed E-state index contributed by atoms with van der Waals surface area (Å²) in [5.74, 6) is -1.81. The van der Waals surface area contributed by atoms with E-state index < -0.39 is 23.9 Å². The predicted molar refractivity (Wildman–Crippen MR) is 106 cm³/mol. The number of fused-ring (bicyclic) bond motifs is 2. The largest absolute Gasteiger partial charge is 0.490 e. The summed E-state index contributed by atoms with van der Waals surface area (Å²) >= 11 is 0. The highest BCUT2D eigenvalue weighted by Crippen LogP contribution is 2.40. The fourth-order valence-corrected chi connectivity index (χ4v) is 4.34. The van der Waals surface area contributed by atoms with Crippen LogP contribution in [0.1, 0.15) is 31.5 Å². The van der Waals surface area contributed by atoms with Crippen LogP contribution in [0.15, 0.2) is 12.4 Å². The summed E-state index contributed by atoms with van der Waals surface area (Å²) in [6.45, 7) is 3.42. The molecule has 13 heteroatoms. The van der Waals surface area contributed by atoms with Crippen LogP contribution in [-0.2, 0) is 36.0 Å². The van der Waals surface area contributed by atoms with E-state index in [0.717, 1.165) is 31.8 Å². The van der Waals surface area contributed by atoms with Crippen LogP contribution in [0.4, 0.5) is 13.2 Å². The lowest BCUT2D eigenvalue weighted by atomic mass is 9.88. The van der Waals surface area contributed by atoms with Gasteiger partial charge in [-0.1, -0.05) is 0 Å². The van der Waals surface area contributed by atoms with Gasteiger partial charge in [-0.2, -0.15) is 13.2 Å². The van der Waals surface area contributed by atoms with Crippen molar-refractivity contribution in [2.75, 3.05) is 39.9 Å². The quantitative estimate of drug-likeness (QED) is 0.692. The first-order valence-corrected chi connectivity index (χ1v) is 10.6. The van der Waals surface area contributed by atoms with E-state index in [9.17, 15) is 22.8 Å². The van der Waals surface area contributed by atoms with E-state index in [0.29, 0.717) is 32.5 Å². The molecular weight excluding hydrogens is 449 g/mol. The zero-order chi connectivity index (χ0) is 24.2. The second-order valence-electron chi connectivity index (χ2n) is 8.15. The van der Waals surface area contributed by atoms with Crippen LogP contribution < -0.4 is 0 Å². The Morgan fingerprint density at radius 3 is 2.33 bits per heavy atom. The van der Waals surface area contributed by atoms with E-state index >= 15 is 0 Å². The van der Waals surface area contributed by atoms with E-state index in [-0.39, 0.29) is 18.4 Å². The number of carboxylic acids is 1. The van der Waals surface area contributed by atoms with E-state index in [1.807, 2.05) is 11.1 Å². The number of carbonyl (C=O) groups is 3. The molecule has 4 rings (SSSR count). The number of hydrogen-bond acceptors (Lipinski definition) is 6. The minimum atomic E-state index is -5.08. The molecule has 0 bridgehead atoms. The van der Waals surface area contributed by atoms with Crippen LogP contribution in [0, 0.1) is 0 Å². The third kappa shape index (κ3) is 5.64. The highest BCUT2D eigenvalue weighted by Gasteiger charge is 2.48. The second-order valence-corrected chi connectivity index (χ2v) is 8.15. The van der Waals surface area contributed by atoms with Crippen molar-refractivity contribution in [3.8, 4) is 0 Å². The van der Waals surface area contributed by atoms with Crippen molar-refractivity contribution in [1.29, 1.82) is 0 Å². The standard InChI is InChI=1S/C18H26N4O4.C2HF3O2/c1-25-13-15(23)20-9-4-18(5-10-20)17-19-6-11-22(17)12-14(26-18)16(24)21-7-2-3-8-21;3-2(4,5)1(6)7/h6,11,14H,2-5,7-10,12-13H2,1H3;(H,6,7). The summed E-state index contributed by atoms with van der Waals surface area (Å²) < 4.78 is 45.2. The minimum Gasteiger partial charge on any atom is -0.475 e. The van der Waals surface area contributed by atoms with Gasteiger partial charge < -0.3 is 28.9 Å². The first kappa shape index (κ1) is 25.0. The third-order valence-electron chi connectivity index (χ3n) is 5.98. The average molecular weight is 476 g/mol. The number of imidazole rings is 1. The van der Waals surface area contributed by atoms with Crippen LogP contribution in [0.25, 0.3) is 0 Å². The number of hydrogen-bond donors (Lipinski definition) is 1. The molecule has 1 aromatic rings. The molecule has 1 spiro atoms. The fraction of sp³-hybridized carbons (Fsp3) is 0.700. The van der Waals surface area contributed by atoms with Crippen molar-refractivity contribution in [2.45, 2.75) is 50.1 Å². The number of halogens is 3. The highest BCUT2D eigenvalue weighted by atomic mass is 19.4. The number of likely N-dealkylation sites (tertiary alicyclic amines) is 2. The van der Waals surface area contributed by atoms with Gasteiger partial charge in [0.15, 0.2) is 6.10 Å². The van der Waals surface area contributed by atoms with Crippen LogP contribution >= 0.6 is 0 Å². The van der Waals surface area contributed by atoms with Gasteiger partial charge in [0.2, 0.25) is 5.91 Å². The van der Waals surface area contributed by atoms with E-state index in [1.165, 1.54) is 7.11 Å². The van der Waals surface area contributed by atoms with Crippen molar-refractivity contribution < 1.29 is 42.1 Å². The third-order valence-corrected chi connectivity index (χ3v) is 5.98. The molecule has 0 aliphatic carbocycles. The van der Waals surface area contributed by atoms with Gasteiger partial charge in [-0.15, -0.1) is 0 Å². The molecule has 3 aliphatic rings. The summed E-state index contributed by atoms with van der Waals surface area (Å²) in [7, 11) is 1.53. The Morgan fingerprint density at radius 1 is 1.18 bits per heavy atom. The maximum Gasteiger partial charge on any atom is 0.490 e. The highest BCUT2D eigenvalue weighted by molar-refractivity contribution is 5.81. The predicted octanol–water partition coefficient (Wildman–Crippen LogP) is 1.00. The van der Waals surface area contributed by atoms with Crippen molar-refractivity contribution in [1.82, 2.24) is 19.4 Å². The normalized spacial score (nSPS) is 21.9. The summed E-state index contributed by atoms with van der Waals surface area (Å²) in [4.78, 5) is 42.1. The maximum absolute atomic E-state index is 12.9. The molecule has 2 amide bonds. The molecule has 0 radical (unpaired) electrons. The van der Waals surface area contributed by atoms with Gasteiger partial charge in [-0.25, -0.2) is 9.78 Å². The molecule has 1 atom stereocenters. The molecule has 0 aromatic carbocycles. The van der Waals surface area contributed by atoms with Crippen LogP contribution in [0.5, 0.6) is 0 Å². The Morgan fingerprint density at radius 2 is 1.79 bits per heavy atom. The van der Waals surface area contributed by atoms with Crippen molar-refractivity contribution in [3.05, 3.63) is 18.2 Å². The number of carbonyl (C=O) groups excluding carboxylic acids is 2. The number of methoxy groups -OCH3 is 1. The molecule has 2 fully saturated rings. The Balaban J connectivity index is 0.000000383. The van der Waals surface area contributed by atoms with Crippen LogP contribution in [-0.4, -0.2) is 94.4 Å². The van der Waals surface area contributed by atoms with Gasteiger partial charge in [0.1, 0.15) is 18.0 Å². The molecular formula is C20H27F3N4O6. The smallest absolute Gasteiger partial charge is 0.475 e. The molecule has 33 heavy (non-hydrogen) atoms. The lowest BCUT2D eigenvalue weighted by molar-refractivity contribution is -0.192. The lowest BCUT2D eigenvalue weighted by Crippen LogP contribution is -2.55. The molecule has 0 saturated carbocycles. The molecule has 10 nitrogen and oxygen atoms in total. The Labute approximate surface area is 188 Å². The molecule has 4 heterocycles. The number of aliphatic carboxylic acids is 1. The fourth-order valence-electron chi connectivity index (χ4n) is 4.34. The van der Waals surface area contributed by atoms with E-state index in [1.54, 1.807) is 11.1 Å². The van der Waals surface area contributed by atoms with Gasteiger partial charge in [0.05, 0.1) is 6.54 Å². The number of nitrogens with zero attached hydrogens (tertiary/aromatic N) is 4. The number of alkyl halides is 3. The average Bonchev–Trinajstić information content (AvgIpc) is 3.46. The van der Waals surface area contributed by atoms with Gasteiger partial charge in [0, 0.05) is 58.5 Å². The first-order valence-electron chi connectivity index (χ1n) is 10.6. The molecule has 3 aliphatic heterocycles. The van der Waals surface area contributed by atoms with Gasteiger partial charge in [-0.3, -0.25) is 9.59 Å². The van der Waals surface area contributed by atoms with Crippen LogP contribution in [0.3, 0.4) is 0 Å². The summed E-state index contributed by atoms with van der Waals surface area (Å²) in [5, 5.41) is 7.12. The SMILES string of the molecule is COCC(=O)N1CCC2(CC1)OC(C(=O)N1CCCC1)Cn1ccnc12.O=C(O)C(F)(F)F. The van der Waals surface area contributed by atoms with E-state index in [2.05, 4.69) is 9.55 Å². The van der Waals surface area contributed by atoms with Gasteiger partial charge >= 0.3 is 12.1 Å². The van der Waals surface area contributed by atoms with Gasteiger partial charge in [-0.05, 0) is 12.8 Å². The monoisotopic (exact) mass is 476 g/mol. The number of piperidine rings is 1. The van der Waals surface area contributed by atoms with E-state index in [4.69, 9.17) is 19.4 Å². The number of carboxylic acid groups (broad SMARTS) is 1. The first-order chi connectivity index (χ1) is 15.6. The Bertz CT molecular complexity index is 860. The molecule has 2 saturated heterocycles. The molecule has 184 valence electrons. The summed E-state index contributed by atoms with van der Waals surface area (Å²) in [5.41, 5.74) is -0.592. The van der Waals surface area contributed by atoms with Gasteiger partial charge in [0.25, 0.3) is 5.91 Å². The number of rotatable bonds is 3. The molecule has 1 aromatic heterocycles. The summed E-state index contributed by atoms with van der Waals surface area (Å²) in [6.07, 6.45) is 1.55.